The fourth-order valence-electron chi connectivity index (χ4n) is 3.03. The van der Waals surface area contributed by atoms with Gasteiger partial charge in [0.1, 0.15) is 16.6 Å². The zero-order valence-electron chi connectivity index (χ0n) is 14.3. The van der Waals surface area contributed by atoms with E-state index in [0.717, 1.165) is 10.7 Å². The van der Waals surface area contributed by atoms with Gasteiger partial charge < -0.3 is 9.84 Å². The zero-order chi connectivity index (χ0) is 18.2. The highest BCUT2D eigenvalue weighted by molar-refractivity contribution is 7.89. The number of amides is 1. The van der Waals surface area contributed by atoms with E-state index >= 15 is 0 Å². The fraction of sp³-hybridized carbons (Fsp3) is 0.533. The van der Waals surface area contributed by atoms with Crippen molar-refractivity contribution >= 4 is 27.3 Å². The minimum Gasteiger partial charge on any atom is -0.360 e. The Morgan fingerprint density at radius 1 is 1.44 bits per heavy atom. The number of hydrogen-bond acceptors (Lipinski definition) is 7. The van der Waals surface area contributed by atoms with Crippen LogP contribution in [0, 0.1) is 20.8 Å². The largest absolute Gasteiger partial charge is 0.360 e. The summed E-state index contributed by atoms with van der Waals surface area (Å²) in [5.41, 5.74) is 1.08. The van der Waals surface area contributed by atoms with Crippen LogP contribution in [0.5, 0.6) is 0 Å². The topological polar surface area (TPSA) is 105 Å². The molecule has 1 saturated heterocycles. The normalized spacial score (nSPS) is 18.6. The molecule has 0 radical (unpaired) electrons. The average molecular weight is 384 g/mol. The molecule has 1 amide bonds. The first-order valence-corrected chi connectivity index (χ1v) is 10.3. The Hall–Kier alpha value is -1.78. The van der Waals surface area contributed by atoms with Crippen molar-refractivity contribution < 1.29 is 17.7 Å². The molecule has 0 unspecified atom stereocenters. The molecule has 0 spiro atoms. The number of carbonyl (C=O) groups is 1. The summed E-state index contributed by atoms with van der Waals surface area (Å²) in [4.78, 5) is 16.9. The number of aromatic nitrogens is 2. The number of aryl methyl sites for hydroxylation is 3. The third-order valence-corrected chi connectivity index (χ3v) is 7.13. The number of nitrogens with zero attached hydrogens (tertiary/aromatic N) is 3. The van der Waals surface area contributed by atoms with Crippen molar-refractivity contribution in [3.8, 4) is 0 Å². The molecule has 0 aromatic carbocycles. The summed E-state index contributed by atoms with van der Waals surface area (Å²) in [6.45, 7) is 5.63. The molecule has 0 aliphatic carbocycles. The van der Waals surface area contributed by atoms with E-state index in [0.29, 0.717) is 31.6 Å². The highest BCUT2D eigenvalue weighted by atomic mass is 32.2. The van der Waals surface area contributed by atoms with E-state index in [1.807, 2.05) is 12.3 Å². The van der Waals surface area contributed by atoms with Gasteiger partial charge in [0.05, 0.1) is 17.2 Å². The lowest BCUT2D eigenvalue weighted by molar-refractivity contribution is -0.124. The highest BCUT2D eigenvalue weighted by Crippen LogP contribution is 2.29. The first-order valence-electron chi connectivity index (χ1n) is 7.94. The third-order valence-electron chi connectivity index (χ3n) is 4.15. The summed E-state index contributed by atoms with van der Waals surface area (Å²) >= 11 is 1.51. The molecule has 10 heteroatoms. The molecule has 2 aromatic rings. The quantitative estimate of drug-likeness (QED) is 0.838. The lowest BCUT2D eigenvalue weighted by Crippen LogP contribution is -2.45. The number of nitrogens with one attached hydrogen (secondary N) is 1. The summed E-state index contributed by atoms with van der Waals surface area (Å²) < 4.78 is 32.2. The predicted molar refractivity (Wildman–Crippen MR) is 91.6 cm³/mol. The maximum Gasteiger partial charge on any atom is 0.249 e. The number of thiazole rings is 1. The van der Waals surface area contributed by atoms with Gasteiger partial charge >= 0.3 is 0 Å². The second kappa shape index (κ2) is 6.85. The number of sulfonamides is 1. The van der Waals surface area contributed by atoms with Crippen LogP contribution >= 0.6 is 11.3 Å². The number of rotatable bonds is 5. The monoisotopic (exact) mass is 384 g/mol. The second-order valence-corrected chi connectivity index (χ2v) is 8.89. The molecule has 8 nitrogen and oxygen atoms in total. The second-order valence-electron chi connectivity index (χ2n) is 6.00. The summed E-state index contributed by atoms with van der Waals surface area (Å²) in [5, 5.41) is 9.31. The van der Waals surface area contributed by atoms with Crippen molar-refractivity contribution in [2.24, 2.45) is 0 Å². The molecule has 3 rings (SSSR count). The summed E-state index contributed by atoms with van der Waals surface area (Å²) in [6.07, 6.45) is 1.13. The van der Waals surface area contributed by atoms with Crippen LogP contribution in [0.1, 0.15) is 35.0 Å². The Balaban J connectivity index is 1.76. The summed E-state index contributed by atoms with van der Waals surface area (Å²) in [5.74, 6) is -0.0694. The van der Waals surface area contributed by atoms with Crippen LogP contribution in [0.4, 0.5) is 0 Å². The van der Waals surface area contributed by atoms with Crippen molar-refractivity contribution in [3.05, 3.63) is 27.5 Å². The van der Waals surface area contributed by atoms with E-state index in [2.05, 4.69) is 15.5 Å². The first kappa shape index (κ1) is 18.0. The maximum atomic E-state index is 13.0. The standard InChI is InChI=1S/C15H20N4O4S2/c1-9-14(10(2)23-18-9)25(21,22)19-6-4-5-13(19)15(20)16-7-12-8-24-11(3)17-12/h8,13H,4-7H2,1-3H3,(H,16,20)/t13-/m1/s1. The minimum atomic E-state index is -3.83. The maximum absolute atomic E-state index is 13.0. The van der Waals surface area contributed by atoms with Crippen LogP contribution < -0.4 is 5.32 Å². The summed E-state index contributed by atoms with van der Waals surface area (Å²) in [7, 11) is -3.83. The van der Waals surface area contributed by atoms with Gasteiger partial charge in [-0.25, -0.2) is 13.4 Å². The third kappa shape index (κ3) is 3.46. The van der Waals surface area contributed by atoms with Crippen LogP contribution in [0.2, 0.25) is 0 Å². The number of hydrogen-bond donors (Lipinski definition) is 1. The molecular formula is C15H20N4O4S2. The Kier molecular flexibility index (Phi) is 4.94. The van der Waals surface area contributed by atoms with Gasteiger partial charge in [0.15, 0.2) is 5.76 Å². The van der Waals surface area contributed by atoms with Crippen LogP contribution in [0.3, 0.4) is 0 Å². The highest BCUT2D eigenvalue weighted by Gasteiger charge is 2.41. The average Bonchev–Trinajstić information content (AvgIpc) is 3.25. The van der Waals surface area contributed by atoms with Gasteiger partial charge in [0.2, 0.25) is 15.9 Å². The molecule has 0 bridgehead atoms. The SMILES string of the molecule is Cc1nc(CNC(=O)[C@H]2CCCN2S(=O)(=O)c2c(C)noc2C)cs1. The Morgan fingerprint density at radius 3 is 2.80 bits per heavy atom. The van der Waals surface area contributed by atoms with Crippen molar-refractivity contribution in [1.29, 1.82) is 0 Å². The van der Waals surface area contributed by atoms with Gasteiger partial charge in [-0.2, -0.15) is 4.31 Å². The zero-order valence-corrected chi connectivity index (χ0v) is 15.9. The lowest BCUT2D eigenvalue weighted by Gasteiger charge is -2.23. The van der Waals surface area contributed by atoms with Crippen LogP contribution in [0.25, 0.3) is 0 Å². The van der Waals surface area contributed by atoms with Gasteiger partial charge in [-0.05, 0) is 33.6 Å². The fourth-order valence-corrected chi connectivity index (χ4v) is 5.60. The van der Waals surface area contributed by atoms with Gasteiger partial charge in [-0.1, -0.05) is 5.16 Å². The molecule has 25 heavy (non-hydrogen) atoms. The van der Waals surface area contributed by atoms with Crippen LogP contribution in [0.15, 0.2) is 14.8 Å². The Labute approximate surface area is 150 Å². The molecule has 0 saturated carbocycles. The molecule has 1 N–H and O–H groups in total. The van der Waals surface area contributed by atoms with E-state index in [1.54, 1.807) is 13.8 Å². The van der Waals surface area contributed by atoms with E-state index in [-0.39, 0.29) is 16.6 Å². The summed E-state index contributed by atoms with van der Waals surface area (Å²) in [6, 6.07) is -0.724. The molecule has 1 aliphatic heterocycles. The predicted octanol–water partition coefficient (Wildman–Crippen LogP) is 1.53. The van der Waals surface area contributed by atoms with Crippen molar-refractivity contribution in [1.82, 2.24) is 19.8 Å². The van der Waals surface area contributed by atoms with Crippen molar-refractivity contribution in [2.75, 3.05) is 6.54 Å². The first-order chi connectivity index (χ1) is 11.8. The van der Waals surface area contributed by atoms with E-state index in [9.17, 15) is 13.2 Å². The van der Waals surface area contributed by atoms with Gasteiger partial charge in [-0.15, -0.1) is 11.3 Å². The molecule has 1 atom stereocenters. The van der Waals surface area contributed by atoms with Crippen molar-refractivity contribution in [2.45, 2.75) is 51.1 Å². The number of carbonyl (C=O) groups excluding carboxylic acids is 1. The lowest BCUT2D eigenvalue weighted by atomic mass is 10.2. The molecule has 2 aromatic heterocycles. The molecule has 136 valence electrons. The minimum absolute atomic E-state index is 0.0577. The smallest absolute Gasteiger partial charge is 0.249 e. The molecule has 1 fully saturated rings. The van der Waals surface area contributed by atoms with Gasteiger partial charge in [0, 0.05) is 11.9 Å². The van der Waals surface area contributed by atoms with Crippen LogP contribution in [-0.2, 0) is 21.4 Å². The molecule has 1 aliphatic rings. The van der Waals surface area contributed by atoms with E-state index < -0.39 is 16.1 Å². The Morgan fingerprint density at radius 2 is 2.20 bits per heavy atom. The van der Waals surface area contributed by atoms with E-state index in [4.69, 9.17) is 4.52 Å². The molecular weight excluding hydrogens is 364 g/mol. The Bertz CT molecular complexity index is 868. The molecule has 3 heterocycles. The van der Waals surface area contributed by atoms with Gasteiger partial charge in [0.25, 0.3) is 0 Å². The van der Waals surface area contributed by atoms with E-state index in [1.165, 1.54) is 15.6 Å². The van der Waals surface area contributed by atoms with Gasteiger partial charge in [-0.3, -0.25) is 4.79 Å². The van der Waals surface area contributed by atoms with Crippen LogP contribution in [-0.4, -0.2) is 41.4 Å². The van der Waals surface area contributed by atoms with Crippen molar-refractivity contribution in [3.63, 3.8) is 0 Å².